The van der Waals surface area contributed by atoms with E-state index in [2.05, 4.69) is 139 Å². The lowest BCUT2D eigenvalue weighted by Gasteiger charge is -2.35. The molecule has 3 aromatic carbocycles. The molecule has 2 aliphatic rings. The third kappa shape index (κ3) is 7.04. The molecule has 0 saturated carbocycles. The van der Waals surface area contributed by atoms with Crippen molar-refractivity contribution in [3.8, 4) is 11.1 Å². The molecule has 4 aromatic rings. The van der Waals surface area contributed by atoms with Crippen molar-refractivity contribution in [3.05, 3.63) is 222 Å². The van der Waals surface area contributed by atoms with E-state index in [9.17, 15) is 0 Å². The van der Waals surface area contributed by atoms with Gasteiger partial charge in [-0.25, -0.2) is 0 Å². The molecule has 0 spiro atoms. The van der Waals surface area contributed by atoms with Crippen LogP contribution in [0.25, 0.3) is 22.4 Å². The molecule has 0 radical (unpaired) electrons. The molecule has 1 aromatic heterocycles. The van der Waals surface area contributed by atoms with Crippen LogP contribution in [-0.2, 0) is 5.41 Å². The van der Waals surface area contributed by atoms with Gasteiger partial charge in [0.25, 0.3) is 0 Å². The molecule has 3 heteroatoms. The van der Waals surface area contributed by atoms with Gasteiger partial charge >= 0.3 is 0 Å². The second-order valence-corrected chi connectivity index (χ2v) is 12.7. The van der Waals surface area contributed by atoms with Crippen LogP contribution in [0.15, 0.2) is 204 Å². The van der Waals surface area contributed by atoms with Crippen LogP contribution in [0.3, 0.4) is 0 Å². The molecular weight excluding hydrogens is 631 g/mol. The molecule has 6 rings (SSSR count). The molecule has 1 heterocycles. The van der Waals surface area contributed by atoms with E-state index in [0.717, 1.165) is 63.2 Å². The summed E-state index contributed by atoms with van der Waals surface area (Å²) >= 11 is 0. The van der Waals surface area contributed by atoms with Gasteiger partial charge in [-0.15, -0.1) is 0 Å². The van der Waals surface area contributed by atoms with Crippen molar-refractivity contribution in [3.63, 3.8) is 0 Å². The van der Waals surface area contributed by atoms with Gasteiger partial charge in [0, 0.05) is 18.0 Å². The molecule has 0 N–H and O–H groups in total. The highest BCUT2D eigenvalue weighted by molar-refractivity contribution is 6.12. The SMILES string of the molecule is C=C/C(=C\C)CN=C(/C=C(\N=C)c1cccc(-c2cccc3c2C2=C(C=CCC=C2)C3(C(=C)/C=C\C=C/CC)c2cccnc2)c1)c1ccccc1. The summed E-state index contributed by atoms with van der Waals surface area (Å²) in [6, 6.07) is 29.6. The van der Waals surface area contributed by atoms with Gasteiger partial charge in [-0.3, -0.25) is 15.0 Å². The van der Waals surface area contributed by atoms with Crippen molar-refractivity contribution < 1.29 is 0 Å². The van der Waals surface area contributed by atoms with Gasteiger partial charge in [0.05, 0.1) is 23.4 Å². The largest absolute Gasteiger partial charge is 0.280 e. The Hall–Kier alpha value is -6.19. The molecule has 0 fully saturated rings. The highest BCUT2D eigenvalue weighted by Gasteiger charge is 2.47. The average molecular weight is 676 g/mol. The highest BCUT2D eigenvalue weighted by Crippen LogP contribution is 2.57. The van der Waals surface area contributed by atoms with Crippen molar-refractivity contribution in [1.29, 1.82) is 0 Å². The summed E-state index contributed by atoms with van der Waals surface area (Å²) in [5.74, 6) is 0. The van der Waals surface area contributed by atoms with E-state index in [1.807, 2.05) is 61.8 Å². The molecule has 2 aliphatic carbocycles. The molecule has 0 saturated heterocycles. The van der Waals surface area contributed by atoms with Gasteiger partial charge in [-0.2, -0.15) is 0 Å². The normalized spacial score (nSPS) is 17.4. The standard InChI is InChI=1S/C49H45N3/c1-6-9-10-13-21-36(4)49(41-26-20-31-51-35-41)44-29-17-12-16-27-43(44)48-42(28-19-30-45(48)49)39-24-18-25-40(32-39)46(50-5)33-47(38-22-14-11-15-23-38)52-34-37(7-2)8-3/h7-11,13-33,35H,2,4-6,12,34H2,1,3H3/b10-9-,21-13-,37-8+,46-33-,52-47?. The topological polar surface area (TPSA) is 37.6 Å². The Kier molecular flexibility index (Phi) is 11.4. The molecule has 1 unspecified atom stereocenters. The first kappa shape index (κ1) is 35.6. The first-order chi connectivity index (χ1) is 25.6. The van der Waals surface area contributed by atoms with Crippen LogP contribution in [0.5, 0.6) is 0 Å². The Balaban J connectivity index is 1.54. The summed E-state index contributed by atoms with van der Waals surface area (Å²) in [6.45, 7) is 17.4. The summed E-state index contributed by atoms with van der Waals surface area (Å²) in [5.41, 5.74) is 13.1. The summed E-state index contributed by atoms with van der Waals surface area (Å²) < 4.78 is 0. The Morgan fingerprint density at radius 3 is 2.48 bits per heavy atom. The minimum absolute atomic E-state index is 0.523. The third-order valence-electron chi connectivity index (χ3n) is 9.68. The van der Waals surface area contributed by atoms with Gasteiger partial charge in [0.15, 0.2) is 0 Å². The molecule has 52 heavy (non-hydrogen) atoms. The Morgan fingerprint density at radius 1 is 0.923 bits per heavy atom. The summed E-state index contributed by atoms with van der Waals surface area (Å²) in [7, 11) is 0. The van der Waals surface area contributed by atoms with Crippen molar-refractivity contribution in [1.82, 2.24) is 4.98 Å². The number of hydrogen-bond acceptors (Lipinski definition) is 3. The molecule has 0 amide bonds. The van der Waals surface area contributed by atoms with Crippen molar-refractivity contribution >= 4 is 23.7 Å². The molecule has 0 bridgehead atoms. The number of rotatable bonds is 13. The zero-order valence-corrected chi connectivity index (χ0v) is 30.2. The molecule has 256 valence electrons. The maximum Gasteiger partial charge on any atom is 0.0722 e. The summed E-state index contributed by atoms with van der Waals surface area (Å²) in [4.78, 5) is 14.1. The zero-order chi connectivity index (χ0) is 36.3. The van der Waals surface area contributed by atoms with E-state index < -0.39 is 5.41 Å². The number of allylic oxidation sites excluding steroid dienone is 13. The molecule has 3 nitrogen and oxygen atoms in total. The maximum atomic E-state index is 4.99. The minimum Gasteiger partial charge on any atom is -0.280 e. The van der Waals surface area contributed by atoms with Crippen molar-refractivity contribution in [2.45, 2.75) is 32.1 Å². The van der Waals surface area contributed by atoms with Crippen LogP contribution in [0.1, 0.15) is 54.5 Å². The number of fused-ring (bicyclic) bond motifs is 2. The van der Waals surface area contributed by atoms with Crippen molar-refractivity contribution in [2.75, 3.05) is 6.54 Å². The Bertz CT molecular complexity index is 2220. The first-order valence-electron chi connectivity index (χ1n) is 17.9. The molecule has 1 atom stereocenters. The van der Waals surface area contributed by atoms with Gasteiger partial charge in [-0.1, -0.05) is 154 Å². The monoisotopic (exact) mass is 675 g/mol. The van der Waals surface area contributed by atoms with Gasteiger partial charge < -0.3 is 0 Å². The second kappa shape index (κ2) is 16.7. The predicted molar refractivity (Wildman–Crippen MR) is 224 cm³/mol. The van der Waals surface area contributed by atoms with Gasteiger partial charge in [-0.05, 0) is 100 Å². The number of aliphatic imine (C=N–C) groups is 2. The van der Waals surface area contributed by atoms with E-state index >= 15 is 0 Å². The quantitative estimate of drug-likeness (QED) is 0.103. The highest BCUT2D eigenvalue weighted by atomic mass is 14.8. The second-order valence-electron chi connectivity index (χ2n) is 12.7. The van der Waals surface area contributed by atoms with Crippen LogP contribution in [0.2, 0.25) is 0 Å². The number of nitrogens with zero attached hydrogens (tertiary/aromatic N) is 3. The van der Waals surface area contributed by atoms with Gasteiger partial charge in [0.1, 0.15) is 0 Å². The fraction of sp³-hybridized carbons (Fsp3) is 0.122. The fourth-order valence-corrected chi connectivity index (χ4v) is 7.13. The first-order valence-corrected chi connectivity index (χ1v) is 17.9. The van der Waals surface area contributed by atoms with E-state index in [1.165, 1.54) is 22.3 Å². The number of hydrogen-bond donors (Lipinski definition) is 0. The lowest BCUT2D eigenvalue weighted by molar-refractivity contribution is 0.757. The summed E-state index contributed by atoms with van der Waals surface area (Å²) in [6.07, 6.45) is 29.2. The van der Waals surface area contributed by atoms with Crippen molar-refractivity contribution in [2.24, 2.45) is 9.98 Å². The van der Waals surface area contributed by atoms with Crippen LogP contribution in [-0.4, -0.2) is 24.0 Å². The molecular formula is C49H45N3. The third-order valence-corrected chi connectivity index (χ3v) is 9.68. The predicted octanol–water partition coefficient (Wildman–Crippen LogP) is 12.1. The fourth-order valence-electron chi connectivity index (χ4n) is 7.13. The van der Waals surface area contributed by atoms with E-state index in [-0.39, 0.29) is 0 Å². The van der Waals surface area contributed by atoms with E-state index in [4.69, 9.17) is 11.6 Å². The number of pyridine rings is 1. The lowest BCUT2D eigenvalue weighted by Crippen LogP contribution is -2.29. The number of benzene rings is 3. The Morgan fingerprint density at radius 2 is 1.73 bits per heavy atom. The van der Waals surface area contributed by atoms with Crippen LogP contribution in [0.4, 0.5) is 0 Å². The maximum absolute atomic E-state index is 4.99. The smallest absolute Gasteiger partial charge is 0.0722 e. The molecule has 0 aliphatic heterocycles. The zero-order valence-electron chi connectivity index (χ0n) is 30.2. The van der Waals surface area contributed by atoms with Crippen LogP contribution >= 0.6 is 0 Å². The van der Waals surface area contributed by atoms with Gasteiger partial charge in [0.2, 0.25) is 0 Å². The minimum atomic E-state index is -0.625. The van der Waals surface area contributed by atoms with E-state index in [1.54, 1.807) is 0 Å². The van der Waals surface area contributed by atoms with Crippen LogP contribution < -0.4 is 0 Å². The van der Waals surface area contributed by atoms with Crippen LogP contribution in [0, 0.1) is 0 Å². The average Bonchev–Trinajstić information content (AvgIpc) is 3.29. The Labute approximate surface area is 309 Å². The lowest BCUT2D eigenvalue weighted by atomic mass is 9.66. The summed E-state index contributed by atoms with van der Waals surface area (Å²) in [5, 5.41) is 0. The van der Waals surface area contributed by atoms with E-state index in [0.29, 0.717) is 6.54 Å². The number of aromatic nitrogens is 1.